The Bertz CT molecular complexity index is 525. The molecule has 1 aromatic rings. The van der Waals surface area contributed by atoms with Crippen molar-refractivity contribution in [3.05, 3.63) is 29.8 Å². The number of benzene rings is 1. The number of piperidine rings is 1. The first-order valence-electron chi connectivity index (χ1n) is 7.48. The number of carbonyl (C=O) groups is 2. The van der Waals surface area contributed by atoms with Gasteiger partial charge in [-0.15, -0.1) is 0 Å². The van der Waals surface area contributed by atoms with Gasteiger partial charge < -0.3 is 15.3 Å². The smallest absolute Gasteiger partial charge is 0.303 e. The van der Waals surface area contributed by atoms with Crippen molar-refractivity contribution in [2.75, 3.05) is 18.4 Å². The standard InChI is InChI=1S/C16H20N2O3/c19-15(20)9-11-5-7-18(8-6-11)16(21)14-10-12-3-1-2-4-13(12)17-14/h1-4,11,14,17H,5-10H2,(H,19,20)/t14-/m0/s1. The fraction of sp³-hybridized carbons (Fsp3) is 0.500. The summed E-state index contributed by atoms with van der Waals surface area (Å²) in [6, 6.07) is 7.84. The summed E-state index contributed by atoms with van der Waals surface area (Å²) in [6.07, 6.45) is 2.54. The van der Waals surface area contributed by atoms with Crippen LogP contribution in [-0.4, -0.2) is 41.0 Å². The molecule has 0 aromatic heterocycles. The average molecular weight is 288 g/mol. The van der Waals surface area contributed by atoms with Gasteiger partial charge in [-0.2, -0.15) is 0 Å². The van der Waals surface area contributed by atoms with Gasteiger partial charge in [-0.05, 0) is 30.4 Å². The molecule has 0 radical (unpaired) electrons. The Morgan fingerprint density at radius 1 is 1.24 bits per heavy atom. The van der Waals surface area contributed by atoms with Crippen LogP contribution in [0.1, 0.15) is 24.8 Å². The van der Waals surface area contributed by atoms with E-state index in [4.69, 9.17) is 5.11 Å². The molecule has 2 aliphatic rings. The van der Waals surface area contributed by atoms with Crippen LogP contribution in [0, 0.1) is 5.92 Å². The quantitative estimate of drug-likeness (QED) is 0.889. The number of hydrogen-bond acceptors (Lipinski definition) is 3. The number of anilines is 1. The molecule has 1 amide bonds. The molecule has 0 spiro atoms. The summed E-state index contributed by atoms with van der Waals surface area (Å²) in [4.78, 5) is 25.1. The van der Waals surface area contributed by atoms with Crippen LogP contribution in [0.25, 0.3) is 0 Å². The average Bonchev–Trinajstić information content (AvgIpc) is 2.90. The van der Waals surface area contributed by atoms with Gasteiger partial charge in [0.1, 0.15) is 6.04 Å². The van der Waals surface area contributed by atoms with Gasteiger partial charge in [0.05, 0.1) is 0 Å². The molecular formula is C16H20N2O3. The molecule has 1 aromatic carbocycles. The molecule has 2 aliphatic heterocycles. The first-order chi connectivity index (χ1) is 10.1. The maximum absolute atomic E-state index is 12.5. The molecular weight excluding hydrogens is 268 g/mol. The summed E-state index contributed by atoms with van der Waals surface area (Å²) in [5.74, 6) is -0.395. The summed E-state index contributed by atoms with van der Waals surface area (Å²) < 4.78 is 0. The zero-order valence-electron chi connectivity index (χ0n) is 11.9. The lowest BCUT2D eigenvalue weighted by Crippen LogP contribution is -2.46. The second kappa shape index (κ2) is 5.76. The fourth-order valence-corrected chi connectivity index (χ4v) is 3.27. The monoisotopic (exact) mass is 288 g/mol. The minimum absolute atomic E-state index is 0.139. The molecule has 0 aliphatic carbocycles. The lowest BCUT2D eigenvalue weighted by Gasteiger charge is -2.33. The van der Waals surface area contributed by atoms with Crippen LogP contribution in [-0.2, 0) is 16.0 Å². The molecule has 3 rings (SSSR count). The van der Waals surface area contributed by atoms with Crippen molar-refractivity contribution in [2.45, 2.75) is 31.7 Å². The van der Waals surface area contributed by atoms with E-state index in [2.05, 4.69) is 11.4 Å². The predicted octanol–water partition coefficient (Wildman–Crippen LogP) is 1.74. The molecule has 2 N–H and O–H groups in total. The number of likely N-dealkylation sites (tertiary alicyclic amines) is 1. The number of carboxylic acids is 1. The van der Waals surface area contributed by atoms with Crippen LogP contribution in [0.2, 0.25) is 0 Å². The zero-order chi connectivity index (χ0) is 14.8. The van der Waals surface area contributed by atoms with Gasteiger partial charge in [0.15, 0.2) is 0 Å². The van der Waals surface area contributed by atoms with Crippen molar-refractivity contribution >= 4 is 17.6 Å². The topological polar surface area (TPSA) is 69.6 Å². The fourth-order valence-electron chi connectivity index (χ4n) is 3.27. The molecule has 2 heterocycles. The SMILES string of the molecule is O=C(O)CC1CCN(C(=O)[C@@H]2Cc3ccccc3N2)CC1. The van der Waals surface area contributed by atoms with Crippen LogP contribution in [0.4, 0.5) is 5.69 Å². The van der Waals surface area contributed by atoms with E-state index in [0.717, 1.165) is 24.9 Å². The summed E-state index contributed by atoms with van der Waals surface area (Å²) in [5.41, 5.74) is 2.24. The number of nitrogens with zero attached hydrogens (tertiary/aromatic N) is 1. The van der Waals surface area contributed by atoms with Crippen molar-refractivity contribution in [1.82, 2.24) is 4.90 Å². The van der Waals surface area contributed by atoms with E-state index >= 15 is 0 Å². The van der Waals surface area contributed by atoms with E-state index in [0.29, 0.717) is 13.1 Å². The third-order valence-electron chi connectivity index (χ3n) is 4.46. The predicted molar refractivity (Wildman–Crippen MR) is 79.1 cm³/mol. The first-order valence-corrected chi connectivity index (χ1v) is 7.48. The number of amides is 1. The van der Waals surface area contributed by atoms with Gasteiger partial charge in [0.2, 0.25) is 5.91 Å². The van der Waals surface area contributed by atoms with Gasteiger partial charge in [0.25, 0.3) is 0 Å². The maximum atomic E-state index is 12.5. The van der Waals surface area contributed by atoms with Crippen molar-refractivity contribution in [3.63, 3.8) is 0 Å². The van der Waals surface area contributed by atoms with Crippen LogP contribution in [0.15, 0.2) is 24.3 Å². The highest BCUT2D eigenvalue weighted by molar-refractivity contribution is 5.87. The van der Waals surface area contributed by atoms with Gasteiger partial charge in [-0.25, -0.2) is 0 Å². The third kappa shape index (κ3) is 3.01. The van der Waals surface area contributed by atoms with Crippen molar-refractivity contribution < 1.29 is 14.7 Å². The summed E-state index contributed by atoms with van der Waals surface area (Å²) in [5, 5.41) is 12.1. The number of nitrogens with one attached hydrogen (secondary N) is 1. The highest BCUT2D eigenvalue weighted by Gasteiger charge is 2.32. The Kier molecular flexibility index (Phi) is 3.82. The maximum Gasteiger partial charge on any atom is 0.303 e. The van der Waals surface area contributed by atoms with Crippen molar-refractivity contribution in [3.8, 4) is 0 Å². The molecule has 21 heavy (non-hydrogen) atoms. The number of carbonyl (C=O) groups excluding carboxylic acids is 1. The van der Waals surface area contributed by atoms with E-state index in [1.54, 1.807) is 0 Å². The van der Waals surface area contributed by atoms with E-state index in [1.807, 2.05) is 23.1 Å². The van der Waals surface area contributed by atoms with Crippen LogP contribution in [0.5, 0.6) is 0 Å². The number of hydrogen-bond donors (Lipinski definition) is 2. The minimum Gasteiger partial charge on any atom is -0.481 e. The number of carboxylic acid groups (broad SMARTS) is 1. The van der Waals surface area contributed by atoms with Crippen LogP contribution in [0.3, 0.4) is 0 Å². The number of aliphatic carboxylic acids is 1. The van der Waals surface area contributed by atoms with Gasteiger partial charge in [-0.1, -0.05) is 18.2 Å². The molecule has 1 saturated heterocycles. The Balaban J connectivity index is 1.55. The van der Waals surface area contributed by atoms with E-state index < -0.39 is 5.97 Å². The van der Waals surface area contributed by atoms with Crippen molar-refractivity contribution in [2.24, 2.45) is 5.92 Å². The van der Waals surface area contributed by atoms with Crippen LogP contribution >= 0.6 is 0 Å². The van der Waals surface area contributed by atoms with Gasteiger partial charge in [0, 0.05) is 31.6 Å². The molecule has 5 nitrogen and oxygen atoms in total. The largest absolute Gasteiger partial charge is 0.481 e. The van der Waals surface area contributed by atoms with Gasteiger partial charge >= 0.3 is 5.97 Å². The molecule has 0 bridgehead atoms. The molecule has 1 atom stereocenters. The van der Waals surface area contributed by atoms with E-state index in [9.17, 15) is 9.59 Å². The molecule has 5 heteroatoms. The lowest BCUT2D eigenvalue weighted by molar-refractivity contribution is -0.138. The first kappa shape index (κ1) is 13.9. The summed E-state index contributed by atoms with van der Waals surface area (Å²) in [7, 11) is 0. The normalized spacial score (nSPS) is 21.7. The molecule has 112 valence electrons. The van der Waals surface area contributed by atoms with Gasteiger partial charge in [-0.3, -0.25) is 9.59 Å². The Labute approximate surface area is 123 Å². The molecule has 1 fully saturated rings. The Hall–Kier alpha value is -2.04. The number of para-hydroxylation sites is 1. The van der Waals surface area contributed by atoms with E-state index in [1.165, 1.54) is 5.56 Å². The highest BCUT2D eigenvalue weighted by Crippen LogP contribution is 2.27. The Morgan fingerprint density at radius 3 is 2.62 bits per heavy atom. The second-order valence-electron chi connectivity index (χ2n) is 5.92. The van der Waals surface area contributed by atoms with Crippen LogP contribution < -0.4 is 5.32 Å². The third-order valence-corrected chi connectivity index (χ3v) is 4.46. The summed E-state index contributed by atoms with van der Waals surface area (Å²) in [6.45, 7) is 1.34. The molecule has 0 unspecified atom stereocenters. The highest BCUT2D eigenvalue weighted by atomic mass is 16.4. The van der Waals surface area contributed by atoms with Crippen molar-refractivity contribution in [1.29, 1.82) is 0 Å². The molecule has 0 saturated carbocycles. The second-order valence-corrected chi connectivity index (χ2v) is 5.92. The number of rotatable bonds is 3. The summed E-state index contributed by atoms with van der Waals surface area (Å²) >= 11 is 0. The minimum atomic E-state index is -0.743. The lowest BCUT2D eigenvalue weighted by atomic mass is 9.93. The Morgan fingerprint density at radius 2 is 1.95 bits per heavy atom. The number of fused-ring (bicyclic) bond motifs is 1. The zero-order valence-corrected chi connectivity index (χ0v) is 11.9. The van der Waals surface area contributed by atoms with E-state index in [-0.39, 0.29) is 24.3 Å².